The summed E-state index contributed by atoms with van der Waals surface area (Å²) >= 11 is 0. The molecular weight excluding hydrogens is 517 g/mol. The molecule has 0 heterocycles. The Balaban J connectivity index is 1.52. The molecule has 0 atom stereocenters. The van der Waals surface area contributed by atoms with E-state index in [0.29, 0.717) is 28.2 Å². The molecule has 0 saturated heterocycles. The van der Waals surface area contributed by atoms with Crippen LogP contribution in [0, 0.1) is 5.82 Å². The zero-order valence-electron chi connectivity index (χ0n) is 21.5. The van der Waals surface area contributed by atoms with E-state index < -0.39 is 21.7 Å². The lowest BCUT2D eigenvalue weighted by atomic mass is 10.1. The van der Waals surface area contributed by atoms with Crippen molar-refractivity contribution in [2.75, 3.05) is 7.11 Å². The average molecular weight is 546 g/mol. The number of amides is 1. The molecule has 0 aliphatic carbocycles. The molecule has 0 aliphatic heterocycles. The second-order valence-corrected chi connectivity index (χ2v) is 10.7. The molecule has 200 valence electrons. The van der Waals surface area contributed by atoms with E-state index in [4.69, 9.17) is 4.74 Å². The molecular formula is C30H28FN3O4S. The highest BCUT2D eigenvalue weighted by Gasteiger charge is 2.25. The fourth-order valence-corrected chi connectivity index (χ4v) is 5.31. The third-order valence-electron chi connectivity index (χ3n) is 6.06. The van der Waals surface area contributed by atoms with Crippen LogP contribution in [0.2, 0.25) is 0 Å². The van der Waals surface area contributed by atoms with E-state index in [0.717, 1.165) is 5.56 Å². The average Bonchev–Trinajstić information content (AvgIpc) is 2.96. The van der Waals surface area contributed by atoms with E-state index in [1.54, 1.807) is 61.5 Å². The van der Waals surface area contributed by atoms with Gasteiger partial charge >= 0.3 is 0 Å². The molecule has 1 N–H and O–H groups in total. The quantitative estimate of drug-likeness (QED) is 0.214. The molecule has 7 nitrogen and oxygen atoms in total. The SMILES string of the molecule is COc1ccc(S(=O)(=O)N(Cc2ccccc2)Cc2ccc(C(=O)N/N=C(\C)c3ccccc3F)cc2)cc1. The van der Waals surface area contributed by atoms with E-state index in [2.05, 4.69) is 10.5 Å². The summed E-state index contributed by atoms with van der Waals surface area (Å²) in [7, 11) is -2.33. The van der Waals surface area contributed by atoms with Crippen LogP contribution in [0.25, 0.3) is 0 Å². The highest BCUT2D eigenvalue weighted by atomic mass is 32.2. The van der Waals surface area contributed by atoms with Crippen LogP contribution in [0.15, 0.2) is 113 Å². The molecule has 0 spiro atoms. The summed E-state index contributed by atoms with van der Waals surface area (Å²) in [6.07, 6.45) is 0. The molecule has 1 amide bonds. The van der Waals surface area contributed by atoms with E-state index >= 15 is 0 Å². The lowest BCUT2D eigenvalue weighted by Gasteiger charge is -2.23. The van der Waals surface area contributed by atoms with Crippen LogP contribution in [0.4, 0.5) is 4.39 Å². The number of sulfonamides is 1. The Hall–Kier alpha value is -4.34. The number of hydrogen-bond acceptors (Lipinski definition) is 5. The summed E-state index contributed by atoms with van der Waals surface area (Å²) in [6.45, 7) is 1.86. The fraction of sp³-hybridized carbons (Fsp3) is 0.133. The predicted octanol–water partition coefficient (Wildman–Crippen LogP) is 5.38. The first-order valence-electron chi connectivity index (χ1n) is 12.1. The van der Waals surface area contributed by atoms with Crippen molar-refractivity contribution in [3.63, 3.8) is 0 Å². The standard InChI is InChI=1S/C30H28FN3O4S/c1-22(28-10-6-7-11-29(28)31)32-33-30(35)25-14-12-24(13-15-25)21-34(20-23-8-4-3-5-9-23)39(36,37)27-18-16-26(38-2)17-19-27/h3-19H,20-21H2,1-2H3,(H,33,35)/b32-22+. The summed E-state index contributed by atoms with van der Waals surface area (Å²) in [5, 5.41) is 4.01. The molecule has 0 fully saturated rings. The van der Waals surface area contributed by atoms with E-state index in [-0.39, 0.29) is 18.0 Å². The number of carbonyl (C=O) groups excluding carboxylic acids is 1. The van der Waals surface area contributed by atoms with Gasteiger partial charge in [-0.05, 0) is 60.5 Å². The Bertz CT molecular complexity index is 1560. The zero-order valence-corrected chi connectivity index (χ0v) is 22.4. The molecule has 4 aromatic carbocycles. The van der Waals surface area contributed by atoms with Gasteiger partial charge in [0.25, 0.3) is 5.91 Å². The first-order chi connectivity index (χ1) is 18.8. The first kappa shape index (κ1) is 27.7. The molecule has 0 radical (unpaired) electrons. The van der Waals surface area contributed by atoms with Crippen molar-refractivity contribution in [1.82, 2.24) is 9.73 Å². The Kier molecular flexibility index (Phi) is 8.85. The summed E-state index contributed by atoms with van der Waals surface area (Å²) in [4.78, 5) is 12.8. The van der Waals surface area contributed by atoms with Gasteiger partial charge in [0.15, 0.2) is 0 Å². The van der Waals surface area contributed by atoms with Crippen LogP contribution >= 0.6 is 0 Å². The summed E-state index contributed by atoms with van der Waals surface area (Å²) in [5.41, 5.74) is 4.94. The Morgan fingerprint density at radius 2 is 1.44 bits per heavy atom. The van der Waals surface area contributed by atoms with Crippen molar-refractivity contribution in [2.45, 2.75) is 24.9 Å². The molecule has 0 aliphatic rings. The van der Waals surface area contributed by atoms with Gasteiger partial charge in [0.05, 0.1) is 17.7 Å². The van der Waals surface area contributed by atoms with Gasteiger partial charge in [0, 0.05) is 24.2 Å². The lowest BCUT2D eigenvalue weighted by Crippen LogP contribution is -2.30. The fourth-order valence-electron chi connectivity index (χ4n) is 3.89. The van der Waals surface area contributed by atoms with Gasteiger partial charge in [-0.1, -0.05) is 60.7 Å². The lowest BCUT2D eigenvalue weighted by molar-refractivity contribution is 0.0954. The largest absolute Gasteiger partial charge is 0.497 e. The van der Waals surface area contributed by atoms with Gasteiger partial charge in [-0.3, -0.25) is 4.79 Å². The third-order valence-corrected chi connectivity index (χ3v) is 7.87. The van der Waals surface area contributed by atoms with Crippen molar-refractivity contribution in [2.24, 2.45) is 5.10 Å². The van der Waals surface area contributed by atoms with Gasteiger partial charge in [0.2, 0.25) is 10.0 Å². The number of benzene rings is 4. The monoisotopic (exact) mass is 545 g/mol. The Labute approximate surface area is 227 Å². The van der Waals surface area contributed by atoms with Gasteiger partial charge in [-0.2, -0.15) is 9.41 Å². The highest BCUT2D eigenvalue weighted by Crippen LogP contribution is 2.23. The number of halogens is 1. The second-order valence-electron chi connectivity index (χ2n) is 8.75. The minimum Gasteiger partial charge on any atom is -0.497 e. The first-order valence-corrected chi connectivity index (χ1v) is 13.6. The molecule has 0 aromatic heterocycles. The topological polar surface area (TPSA) is 88.1 Å². The third kappa shape index (κ3) is 6.95. The minimum atomic E-state index is -3.85. The number of nitrogens with zero attached hydrogens (tertiary/aromatic N) is 2. The van der Waals surface area contributed by atoms with Crippen molar-refractivity contribution in [3.05, 3.63) is 131 Å². The maximum absolute atomic E-state index is 14.0. The molecule has 4 aromatic rings. The Morgan fingerprint density at radius 1 is 0.846 bits per heavy atom. The maximum atomic E-state index is 14.0. The van der Waals surface area contributed by atoms with Gasteiger partial charge in [0.1, 0.15) is 11.6 Å². The van der Waals surface area contributed by atoms with Gasteiger partial charge in [-0.15, -0.1) is 0 Å². The second kappa shape index (κ2) is 12.5. The Morgan fingerprint density at radius 3 is 2.05 bits per heavy atom. The molecule has 0 saturated carbocycles. The summed E-state index contributed by atoms with van der Waals surface area (Å²) < 4.78 is 47.7. The minimum absolute atomic E-state index is 0.0930. The van der Waals surface area contributed by atoms with Crippen LogP contribution in [0.5, 0.6) is 5.75 Å². The molecule has 4 rings (SSSR count). The van der Waals surface area contributed by atoms with Crippen molar-refractivity contribution in [3.8, 4) is 5.75 Å². The number of nitrogens with one attached hydrogen (secondary N) is 1. The number of ether oxygens (including phenoxy) is 1. The summed E-state index contributed by atoms with van der Waals surface area (Å²) in [5.74, 6) is -0.336. The summed E-state index contributed by atoms with van der Waals surface area (Å²) in [6, 6.07) is 28.3. The van der Waals surface area contributed by atoms with Crippen LogP contribution in [0.1, 0.15) is 34.0 Å². The molecule has 0 unspecified atom stereocenters. The number of rotatable bonds is 10. The normalized spacial score (nSPS) is 11.8. The van der Waals surface area contributed by atoms with Crippen molar-refractivity contribution >= 4 is 21.6 Å². The van der Waals surface area contributed by atoms with Crippen molar-refractivity contribution < 1.29 is 22.3 Å². The van der Waals surface area contributed by atoms with Crippen molar-refractivity contribution in [1.29, 1.82) is 0 Å². The zero-order chi connectivity index (χ0) is 27.8. The van der Waals surface area contributed by atoms with Crippen LogP contribution in [-0.2, 0) is 23.1 Å². The van der Waals surface area contributed by atoms with Crippen LogP contribution in [-0.4, -0.2) is 31.5 Å². The molecule has 39 heavy (non-hydrogen) atoms. The predicted molar refractivity (Wildman–Crippen MR) is 148 cm³/mol. The highest BCUT2D eigenvalue weighted by molar-refractivity contribution is 7.89. The van der Waals surface area contributed by atoms with E-state index in [1.165, 1.54) is 29.6 Å². The van der Waals surface area contributed by atoms with Gasteiger partial charge < -0.3 is 4.74 Å². The van der Waals surface area contributed by atoms with Gasteiger partial charge in [-0.25, -0.2) is 18.2 Å². The number of hydrogen-bond donors (Lipinski definition) is 1. The van der Waals surface area contributed by atoms with E-state index in [9.17, 15) is 17.6 Å². The van der Waals surface area contributed by atoms with Crippen LogP contribution < -0.4 is 10.2 Å². The van der Waals surface area contributed by atoms with E-state index in [1.807, 2.05) is 30.3 Å². The molecule has 0 bridgehead atoms. The number of carbonyl (C=O) groups is 1. The smallest absolute Gasteiger partial charge is 0.271 e. The maximum Gasteiger partial charge on any atom is 0.271 e. The molecule has 9 heteroatoms. The number of hydrazone groups is 1. The van der Waals surface area contributed by atoms with Crippen LogP contribution in [0.3, 0.4) is 0 Å². The number of methoxy groups -OCH3 is 1.